The van der Waals surface area contributed by atoms with Gasteiger partial charge in [0.05, 0.1) is 6.04 Å². The zero-order valence-electron chi connectivity index (χ0n) is 10.6. The van der Waals surface area contributed by atoms with E-state index in [1.165, 1.54) is 16.7 Å². The van der Waals surface area contributed by atoms with Crippen LogP contribution >= 0.6 is 0 Å². The average Bonchev–Trinajstić information content (AvgIpc) is 2.35. The van der Waals surface area contributed by atoms with Crippen molar-refractivity contribution in [2.75, 3.05) is 7.05 Å². The third-order valence-corrected chi connectivity index (χ3v) is 2.97. The quantitative estimate of drug-likeness (QED) is 0.870. The Morgan fingerprint density at radius 2 is 1.59 bits per heavy atom. The van der Waals surface area contributed by atoms with Gasteiger partial charge >= 0.3 is 0 Å². The fraction of sp³-hybridized carbons (Fsp3) is 0.267. The lowest BCUT2D eigenvalue weighted by atomic mass is 9.99. The van der Waals surface area contributed by atoms with Gasteiger partial charge in [-0.25, -0.2) is 0 Å². The molecular weight excluding hydrogens is 208 g/mol. The molecule has 17 heavy (non-hydrogen) atoms. The molecule has 2 heteroatoms. The Morgan fingerprint density at radius 3 is 2.12 bits per heavy atom. The fourth-order valence-electron chi connectivity index (χ4n) is 1.93. The van der Waals surface area contributed by atoms with Crippen LogP contribution in [0.1, 0.15) is 28.4 Å². The third kappa shape index (κ3) is 2.71. The first kappa shape index (κ1) is 11.8. The summed E-state index contributed by atoms with van der Waals surface area (Å²) in [4.78, 5) is 4.35. The summed E-state index contributed by atoms with van der Waals surface area (Å²) in [7, 11) is 1.98. The van der Waals surface area contributed by atoms with Crippen LogP contribution in [0.4, 0.5) is 0 Å². The van der Waals surface area contributed by atoms with Gasteiger partial charge in [0.2, 0.25) is 0 Å². The summed E-state index contributed by atoms with van der Waals surface area (Å²) < 4.78 is 0. The molecule has 1 unspecified atom stereocenters. The second-order valence-corrected chi connectivity index (χ2v) is 4.37. The van der Waals surface area contributed by atoms with E-state index >= 15 is 0 Å². The first-order valence-electron chi connectivity index (χ1n) is 5.87. The minimum atomic E-state index is 0.212. The van der Waals surface area contributed by atoms with Crippen LogP contribution in [-0.2, 0) is 0 Å². The Kier molecular flexibility index (Phi) is 3.55. The molecule has 1 N–H and O–H groups in total. The second kappa shape index (κ2) is 5.11. The van der Waals surface area contributed by atoms with Crippen LogP contribution in [-0.4, -0.2) is 12.0 Å². The molecule has 1 aromatic heterocycles. The maximum absolute atomic E-state index is 4.35. The van der Waals surface area contributed by atoms with Crippen LogP contribution in [0.25, 0.3) is 0 Å². The van der Waals surface area contributed by atoms with Crippen LogP contribution in [0.2, 0.25) is 0 Å². The molecule has 1 aromatic carbocycles. The molecule has 0 spiro atoms. The van der Waals surface area contributed by atoms with Gasteiger partial charge in [-0.2, -0.15) is 0 Å². The van der Waals surface area contributed by atoms with E-state index in [1.54, 1.807) is 0 Å². The molecule has 0 aliphatic heterocycles. The van der Waals surface area contributed by atoms with E-state index in [0.717, 1.165) is 5.69 Å². The van der Waals surface area contributed by atoms with Crippen molar-refractivity contribution in [2.24, 2.45) is 0 Å². The van der Waals surface area contributed by atoms with Gasteiger partial charge in [-0.3, -0.25) is 4.98 Å². The van der Waals surface area contributed by atoms with Crippen molar-refractivity contribution in [3.63, 3.8) is 0 Å². The number of aryl methyl sites for hydroxylation is 2. The van der Waals surface area contributed by atoms with Gasteiger partial charge in [0.1, 0.15) is 0 Å². The molecule has 0 radical (unpaired) electrons. The predicted molar refractivity (Wildman–Crippen MR) is 71.1 cm³/mol. The highest BCUT2D eigenvalue weighted by atomic mass is 14.9. The van der Waals surface area contributed by atoms with Crippen molar-refractivity contribution in [1.29, 1.82) is 0 Å². The maximum Gasteiger partial charge on any atom is 0.0589 e. The van der Waals surface area contributed by atoms with Crippen LogP contribution < -0.4 is 5.32 Å². The first-order valence-corrected chi connectivity index (χ1v) is 5.87. The topological polar surface area (TPSA) is 24.9 Å². The highest BCUT2D eigenvalue weighted by molar-refractivity contribution is 5.32. The van der Waals surface area contributed by atoms with Crippen molar-refractivity contribution in [3.05, 3.63) is 65.0 Å². The van der Waals surface area contributed by atoms with Crippen molar-refractivity contribution in [3.8, 4) is 0 Å². The van der Waals surface area contributed by atoms with E-state index in [-0.39, 0.29) is 6.04 Å². The van der Waals surface area contributed by atoms with Crippen LogP contribution in [0, 0.1) is 13.8 Å². The monoisotopic (exact) mass is 226 g/mol. The SMILES string of the molecule is CNC(c1ccc(C)cc1)c1ccc(C)nc1. The van der Waals surface area contributed by atoms with Gasteiger partial charge in [0.15, 0.2) is 0 Å². The van der Waals surface area contributed by atoms with Gasteiger partial charge < -0.3 is 5.32 Å². The Bertz CT molecular complexity index is 426. The molecule has 0 fully saturated rings. The first-order chi connectivity index (χ1) is 8.20. The van der Waals surface area contributed by atoms with E-state index < -0.39 is 0 Å². The van der Waals surface area contributed by atoms with Crippen LogP contribution in [0.5, 0.6) is 0 Å². The molecule has 2 aromatic rings. The van der Waals surface area contributed by atoms with Crippen LogP contribution in [0.3, 0.4) is 0 Å². The Hall–Kier alpha value is -1.67. The number of hydrogen-bond donors (Lipinski definition) is 1. The second-order valence-electron chi connectivity index (χ2n) is 4.37. The van der Waals surface area contributed by atoms with E-state index in [9.17, 15) is 0 Å². The van der Waals surface area contributed by atoms with E-state index in [4.69, 9.17) is 0 Å². The largest absolute Gasteiger partial charge is 0.309 e. The Balaban J connectivity index is 2.33. The van der Waals surface area contributed by atoms with Gasteiger partial charge in [0, 0.05) is 11.9 Å². The molecule has 0 bridgehead atoms. The lowest BCUT2D eigenvalue weighted by molar-refractivity contribution is 0.688. The van der Waals surface area contributed by atoms with Crippen molar-refractivity contribution in [1.82, 2.24) is 10.3 Å². The Morgan fingerprint density at radius 1 is 0.941 bits per heavy atom. The summed E-state index contributed by atoms with van der Waals surface area (Å²) >= 11 is 0. The summed E-state index contributed by atoms with van der Waals surface area (Å²) in [6.07, 6.45) is 1.94. The molecule has 1 heterocycles. The number of benzene rings is 1. The number of pyridine rings is 1. The molecular formula is C15H18N2. The standard InChI is InChI=1S/C15H18N2/c1-11-4-7-13(8-5-11)15(16-3)14-9-6-12(2)17-10-14/h4-10,15-16H,1-3H3. The van der Waals surface area contributed by atoms with Gasteiger partial charge in [-0.05, 0) is 38.1 Å². The molecule has 0 saturated heterocycles. The number of nitrogens with zero attached hydrogens (tertiary/aromatic N) is 1. The lowest BCUT2D eigenvalue weighted by Gasteiger charge is -2.17. The molecule has 2 rings (SSSR count). The number of rotatable bonds is 3. The van der Waals surface area contributed by atoms with Crippen molar-refractivity contribution in [2.45, 2.75) is 19.9 Å². The molecule has 0 amide bonds. The number of nitrogens with one attached hydrogen (secondary N) is 1. The van der Waals surface area contributed by atoms with Gasteiger partial charge in [-0.15, -0.1) is 0 Å². The number of aromatic nitrogens is 1. The summed E-state index contributed by atoms with van der Waals surface area (Å²) in [6.45, 7) is 4.11. The van der Waals surface area contributed by atoms with E-state index in [2.05, 4.69) is 47.6 Å². The Labute approximate surface area is 103 Å². The maximum atomic E-state index is 4.35. The minimum Gasteiger partial charge on any atom is -0.309 e. The molecule has 0 saturated carbocycles. The van der Waals surface area contributed by atoms with Crippen LogP contribution in [0.15, 0.2) is 42.6 Å². The van der Waals surface area contributed by atoms with Gasteiger partial charge in [-0.1, -0.05) is 35.9 Å². The zero-order chi connectivity index (χ0) is 12.3. The summed E-state index contributed by atoms with van der Waals surface area (Å²) in [6, 6.07) is 13.0. The summed E-state index contributed by atoms with van der Waals surface area (Å²) in [5.41, 5.74) is 4.80. The fourth-order valence-corrected chi connectivity index (χ4v) is 1.93. The average molecular weight is 226 g/mol. The van der Waals surface area contributed by atoms with Gasteiger partial charge in [0.25, 0.3) is 0 Å². The zero-order valence-corrected chi connectivity index (χ0v) is 10.6. The molecule has 0 aliphatic rings. The smallest absolute Gasteiger partial charge is 0.0589 e. The normalized spacial score (nSPS) is 12.4. The molecule has 2 nitrogen and oxygen atoms in total. The van der Waals surface area contributed by atoms with E-state index in [1.807, 2.05) is 26.2 Å². The predicted octanol–water partition coefficient (Wildman–Crippen LogP) is 3.01. The highest BCUT2D eigenvalue weighted by Gasteiger charge is 2.11. The highest BCUT2D eigenvalue weighted by Crippen LogP contribution is 2.21. The number of hydrogen-bond acceptors (Lipinski definition) is 2. The molecule has 88 valence electrons. The summed E-state index contributed by atoms with van der Waals surface area (Å²) in [5.74, 6) is 0. The van der Waals surface area contributed by atoms with E-state index in [0.29, 0.717) is 0 Å². The lowest BCUT2D eigenvalue weighted by Crippen LogP contribution is -2.17. The third-order valence-electron chi connectivity index (χ3n) is 2.97. The minimum absolute atomic E-state index is 0.212. The summed E-state index contributed by atoms with van der Waals surface area (Å²) in [5, 5.41) is 3.33. The molecule has 0 aliphatic carbocycles. The van der Waals surface area contributed by atoms with Crippen molar-refractivity contribution < 1.29 is 0 Å². The molecule has 1 atom stereocenters. The van der Waals surface area contributed by atoms with Crippen molar-refractivity contribution >= 4 is 0 Å².